The number of aromatic nitrogens is 4. The summed E-state index contributed by atoms with van der Waals surface area (Å²) in [6, 6.07) is 50.3. The first-order valence-corrected chi connectivity index (χ1v) is 13.7. The zero-order valence-electron chi connectivity index (χ0n) is 22.1. The monoisotopic (exact) mass is 524 g/mol. The van der Waals surface area contributed by atoms with Gasteiger partial charge in [0.2, 0.25) is 5.95 Å². The molecule has 4 nitrogen and oxygen atoms in total. The topological polar surface area (TPSA) is 43.6 Å². The molecule has 4 heteroatoms. The Hall–Kier alpha value is -5.61. The summed E-state index contributed by atoms with van der Waals surface area (Å²) < 4.78 is 2.22. The minimum absolute atomic E-state index is 0.594. The van der Waals surface area contributed by atoms with E-state index in [1.165, 1.54) is 16.2 Å². The zero-order valence-corrected chi connectivity index (χ0v) is 22.1. The lowest BCUT2D eigenvalue weighted by Gasteiger charge is -2.15. The van der Waals surface area contributed by atoms with Gasteiger partial charge in [0.1, 0.15) is 0 Å². The Morgan fingerprint density at radius 2 is 0.927 bits per heavy atom. The number of benzene rings is 6. The molecule has 0 unspecified atom stereocenters. The van der Waals surface area contributed by atoms with Crippen LogP contribution in [0.25, 0.3) is 72.4 Å². The maximum atomic E-state index is 5.13. The molecule has 0 saturated heterocycles. The van der Waals surface area contributed by atoms with Crippen molar-refractivity contribution < 1.29 is 0 Å². The Labute approximate surface area is 237 Å². The minimum atomic E-state index is 0.594. The molecule has 2 aromatic heterocycles. The quantitative estimate of drug-likeness (QED) is 0.231. The molecular weight excluding hydrogens is 500 g/mol. The minimum Gasteiger partial charge on any atom is -0.277 e. The van der Waals surface area contributed by atoms with Crippen LogP contribution in [-0.2, 0) is 0 Å². The van der Waals surface area contributed by atoms with Crippen molar-refractivity contribution in [2.45, 2.75) is 0 Å². The van der Waals surface area contributed by atoms with Crippen molar-refractivity contribution in [1.82, 2.24) is 19.5 Å². The standard InChI is InChI=1S/C37H24N4/c1-4-14-25(15-5-1)33-29-21-11-10-20-28(29)24-31-30-22-12-13-23-32(30)41(34(31)33)37-39-35(26-16-6-2-7-17-26)38-36(40-37)27-18-8-3-9-19-27/h1-24H. The first-order valence-electron chi connectivity index (χ1n) is 13.7. The van der Waals surface area contributed by atoms with E-state index in [1.54, 1.807) is 0 Å². The molecule has 0 amide bonds. The normalized spacial score (nSPS) is 11.4. The fourth-order valence-electron chi connectivity index (χ4n) is 5.79. The van der Waals surface area contributed by atoms with Crippen molar-refractivity contribution in [2.75, 3.05) is 0 Å². The second kappa shape index (κ2) is 9.54. The van der Waals surface area contributed by atoms with Gasteiger partial charge in [-0.2, -0.15) is 9.97 Å². The Kier molecular flexibility index (Phi) is 5.42. The Morgan fingerprint density at radius 3 is 1.56 bits per heavy atom. The average molecular weight is 525 g/mol. The van der Waals surface area contributed by atoms with Gasteiger partial charge in [0.25, 0.3) is 0 Å². The van der Waals surface area contributed by atoms with Gasteiger partial charge in [-0.15, -0.1) is 0 Å². The summed E-state index contributed by atoms with van der Waals surface area (Å²) in [4.78, 5) is 15.2. The number of hydrogen-bond donors (Lipinski definition) is 0. The predicted molar refractivity (Wildman–Crippen MR) is 168 cm³/mol. The van der Waals surface area contributed by atoms with Gasteiger partial charge in [-0.05, 0) is 28.5 Å². The first-order chi connectivity index (χ1) is 20.3. The number of para-hydroxylation sites is 1. The third-order valence-corrected chi connectivity index (χ3v) is 7.63. The van der Waals surface area contributed by atoms with Gasteiger partial charge in [0, 0.05) is 27.5 Å². The van der Waals surface area contributed by atoms with Crippen LogP contribution in [0.4, 0.5) is 0 Å². The fraction of sp³-hybridized carbons (Fsp3) is 0. The van der Waals surface area contributed by atoms with E-state index in [9.17, 15) is 0 Å². The summed E-state index contributed by atoms with van der Waals surface area (Å²) in [5.41, 5.74) is 6.35. The van der Waals surface area contributed by atoms with Crippen LogP contribution in [-0.4, -0.2) is 19.5 Å². The molecule has 0 fully saturated rings. The van der Waals surface area contributed by atoms with E-state index < -0.39 is 0 Å². The molecule has 0 radical (unpaired) electrons. The summed E-state index contributed by atoms with van der Waals surface area (Å²) in [6.45, 7) is 0. The van der Waals surface area contributed by atoms with Crippen LogP contribution >= 0.6 is 0 Å². The highest BCUT2D eigenvalue weighted by Crippen LogP contribution is 2.42. The predicted octanol–water partition coefficient (Wildman–Crippen LogP) is 9.12. The van der Waals surface area contributed by atoms with E-state index in [0.29, 0.717) is 17.6 Å². The number of fused-ring (bicyclic) bond motifs is 4. The number of nitrogens with zero attached hydrogens (tertiary/aromatic N) is 4. The molecule has 0 spiro atoms. The van der Waals surface area contributed by atoms with E-state index in [1.807, 2.05) is 60.7 Å². The summed E-state index contributed by atoms with van der Waals surface area (Å²) in [5.74, 6) is 1.88. The lowest BCUT2D eigenvalue weighted by Crippen LogP contribution is -2.07. The highest BCUT2D eigenvalue weighted by Gasteiger charge is 2.22. The largest absolute Gasteiger partial charge is 0.277 e. The molecule has 0 saturated carbocycles. The molecule has 6 aromatic carbocycles. The smallest absolute Gasteiger partial charge is 0.238 e. The fourth-order valence-corrected chi connectivity index (χ4v) is 5.79. The highest BCUT2D eigenvalue weighted by molar-refractivity contribution is 6.21. The van der Waals surface area contributed by atoms with Gasteiger partial charge < -0.3 is 0 Å². The molecule has 0 aliphatic carbocycles. The Bertz CT molecular complexity index is 2130. The third-order valence-electron chi connectivity index (χ3n) is 7.63. The number of hydrogen-bond acceptors (Lipinski definition) is 3. The van der Waals surface area contributed by atoms with Crippen molar-refractivity contribution in [1.29, 1.82) is 0 Å². The van der Waals surface area contributed by atoms with Crippen LogP contribution in [0.3, 0.4) is 0 Å². The lowest BCUT2D eigenvalue weighted by atomic mass is 9.95. The van der Waals surface area contributed by atoms with Crippen LogP contribution < -0.4 is 0 Å². The Balaban J connectivity index is 1.55. The molecular formula is C37H24N4. The molecule has 192 valence electrons. The molecule has 0 aliphatic heterocycles. The SMILES string of the molecule is c1ccc(-c2nc(-c3ccccc3)nc(-n3c4ccccc4c4cc5ccccc5c(-c5ccccc5)c43)n2)cc1. The van der Waals surface area contributed by atoms with Gasteiger partial charge in [0.05, 0.1) is 11.0 Å². The molecule has 8 aromatic rings. The second-order valence-electron chi connectivity index (χ2n) is 10.1. The van der Waals surface area contributed by atoms with E-state index in [0.717, 1.165) is 38.7 Å². The summed E-state index contributed by atoms with van der Waals surface area (Å²) in [6.07, 6.45) is 0. The van der Waals surface area contributed by atoms with Crippen molar-refractivity contribution >= 4 is 32.6 Å². The van der Waals surface area contributed by atoms with Crippen LogP contribution in [0, 0.1) is 0 Å². The van der Waals surface area contributed by atoms with Gasteiger partial charge in [-0.3, -0.25) is 4.57 Å². The first kappa shape index (κ1) is 23.3. The highest BCUT2D eigenvalue weighted by atomic mass is 15.2. The molecule has 2 heterocycles. The van der Waals surface area contributed by atoms with Crippen LogP contribution in [0.2, 0.25) is 0 Å². The second-order valence-corrected chi connectivity index (χ2v) is 10.1. The van der Waals surface area contributed by atoms with E-state index in [4.69, 9.17) is 15.0 Å². The molecule has 0 atom stereocenters. The lowest BCUT2D eigenvalue weighted by molar-refractivity contribution is 0.954. The van der Waals surface area contributed by atoms with Crippen molar-refractivity contribution in [3.63, 3.8) is 0 Å². The third kappa shape index (κ3) is 3.88. The van der Waals surface area contributed by atoms with Crippen molar-refractivity contribution in [3.05, 3.63) is 146 Å². The number of rotatable bonds is 4. The van der Waals surface area contributed by atoms with Crippen LogP contribution in [0.1, 0.15) is 0 Å². The zero-order chi connectivity index (χ0) is 27.2. The summed E-state index contributed by atoms with van der Waals surface area (Å²) >= 11 is 0. The molecule has 41 heavy (non-hydrogen) atoms. The average Bonchev–Trinajstić information content (AvgIpc) is 3.38. The maximum absolute atomic E-state index is 5.13. The Morgan fingerprint density at radius 1 is 0.415 bits per heavy atom. The van der Waals surface area contributed by atoms with Gasteiger partial charge in [-0.1, -0.05) is 133 Å². The summed E-state index contributed by atoms with van der Waals surface area (Å²) in [7, 11) is 0. The van der Waals surface area contributed by atoms with Gasteiger partial charge >= 0.3 is 0 Å². The van der Waals surface area contributed by atoms with Crippen molar-refractivity contribution in [3.8, 4) is 39.9 Å². The van der Waals surface area contributed by atoms with Gasteiger partial charge in [0.15, 0.2) is 11.6 Å². The van der Waals surface area contributed by atoms with E-state index in [-0.39, 0.29) is 0 Å². The summed E-state index contributed by atoms with van der Waals surface area (Å²) in [5, 5.41) is 4.72. The van der Waals surface area contributed by atoms with Gasteiger partial charge in [-0.25, -0.2) is 4.98 Å². The van der Waals surface area contributed by atoms with Crippen LogP contribution in [0.15, 0.2) is 146 Å². The molecule has 0 aliphatic rings. The molecule has 0 N–H and O–H groups in total. The van der Waals surface area contributed by atoms with Crippen LogP contribution in [0.5, 0.6) is 0 Å². The van der Waals surface area contributed by atoms with E-state index >= 15 is 0 Å². The maximum Gasteiger partial charge on any atom is 0.238 e. The molecule has 0 bridgehead atoms. The molecule has 8 rings (SSSR count). The van der Waals surface area contributed by atoms with Crippen molar-refractivity contribution in [2.24, 2.45) is 0 Å². The van der Waals surface area contributed by atoms with E-state index in [2.05, 4.69) is 89.5 Å².